The van der Waals surface area contributed by atoms with Crippen LogP contribution in [0, 0.1) is 17.2 Å². The fraction of sp³-hybridized carbons (Fsp3) is 0.857. The van der Waals surface area contributed by atoms with Crippen molar-refractivity contribution in [1.82, 2.24) is 4.90 Å². The van der Waals surface area contributed by atoms with Gasteiger partial charge in [0.15, 0.2) is 0 Å². The average Bonchev–Trinajstić information content (AvgIpc) is 3.19. The normalized spacial score (nSPS) is 21.4. The fourth-order valence-electron chi connectivity index (χ4n) is 2.78. The van der Waals surface area contributed by atoms with Gasteiger partial charge in [-0.05, 0) is 25.7 Å². The van der Waals surface area contributed by atoms with Crippen molar-refractivity contribution in [1.29, 1.82) is 5.26 Å². The Labute approximate surface area is 104 Å². The lowest BCUT2D eigenvalue weighted by Crippen LogP contribution is -2.36. The number of ketones is 1. The Morgan fingerprint density at radius 1 is 1.18 bits per heavy atom. The van der Waals surface area contributed by atoms with Crippen LogP contribution < -0.4 is 0 Å². The Bertz CT molecular complexity index is 298. The van der Waals surface area contributed by atoms with Gasteiger partial charge in [0.05, 0.1) is 12.6 Å². The van der Waals surface area contributed by atoms with E-state index in [1.54, 1.807) is 0 Å². The zero-order valence-corrected chi connectivity index (χ0v) is 10.5. The van der Waals surface area contributed by atoms with Crippen LogP contribution in [0.2, 0.25) is 0 Å². The van der Waals surface area contributed by atoms with Gasteiger partial charge in [-0.1, -0.05) is 19.3 Å². The molecule has 17 heavy (non-hydrogen) atoms. The number of nitriles is 1. The first kappa shape index (κ1) is 12.6. The predicted molar refractivity (Wildman–Crippen MR) is 66.4 cm³/mol. The van der Waals surface area contributed by atoms with E-state index in [9.17, 15) is 4.79 Å². The van der Waals surface area contributed by atoms with Crippen LogP contribution in [0.3, 0.4) is 0 Å². The monoisotopic (exact) mass is 234 g/mol. The molecule has 0 bridgehead atoms. The van der Waals surface area contributed by atoms with Crippen LogP contribution in [-0.2, 0) is 4.79 Å². The van der Waals surface area contributed by atoms with Crippen molar-refractivity contribution in [2.45, 2.75) is 57.4 Å². The molecule has 2 rings (SSSR count). The first-order chi connectivity index (χ1) is 8.31. The number of carbonyl (C=O) groups is 1. The Morgan fingerprint density at radius 3 is 2.47 bits per heavy atom. The van der Waals surface area contributed by atoms with E-state index < -0.39 is 0 Å². The van der Waals surface area contributed by atoms with Gasteiger partial charge in [-0.15, -0.1) is 0 Å². The van der Waals surface area contributed by atoms with E-state index in [0.717, 1.165) is 19.4 Å². The van der Waals surface area contributed by atoms with Crippen LogP contribution in [0.1, 0.15) is 51.4 Å². The molecule has 0 radical (unpaired) electrons. The molecule has 0 aliphatic heterocycles. The third-order valence-electron chi connectivity index (χ3n) is 3.99. The highest BCUT2D eigenvalue weighted by atomic mass is 16.1. The van der Waals surface area contributed by atoms with Crippen molar-refractivity contribution in [2.75, 3.05) is 13.1 Å². The number of hydrogen-bond donors (Lipinski definition) is 0. The number of Topliss-reactive ketones (excluding diaryl/α,β-unsaturated/α-hetero) is 1. The lowest BCUT2D eigenvalue weighted by Gasteiger charge is -2.25. The first-order valence-corrected chi connectivity index (χ1v) is 6.95. The topological polar surface area (TPSA) is 44.1 Å². The Kier molecular flexibility index (Phi) is 4.56. The number of rotatable bonds is 6. The molecule has 0 aromatic rings. The second-order valence-corrected chi connectivity index (χ2v) is 5.41. The summed E-state index contributed by atoms with van der Waals surface area (Å²) in [6, 6.07) is 2.77. The van der Waals surface area contributed by atoms with Gasteiger partial charge in [-0.25, -0.2) is 0 Å². The molecule has 2 saturated carbocycles. The molecule has 0 aromatic carbocycles. The molecule has 0 unspecified atom stereocenters. The summed E-state index contributed by atoms with van der Waals surface area (Å²) >= 11 is 0. The minimum absolute atomic E-state index is 0.312. The maximum absolute atomic E-state index is 12.2. The maximum Gasteiger partial charge on any atom is 0.149 e. The standard InChI is InChI=1S/C14H22N2O/c15-9-4-10-16(13-7-8-13)11-14(17)12-5-2-1-3-6-12/h12-13H,1-8,10-11H2. The van der Waals surface area contributed by atoms with Crippen molar-refractivity contribution in [3.63, 3.8) is 0 Å². The summed E-state index contributed by atoms with van der Waals surface area (Å²) in [5, 5.41) is 8.64. The van der Waals surface area contributed by atoms with Crippen LogP contribution in [-0.4, -0.2) is 29.8 Å². The van der Waals surface area contributed by atoms with E-state index in [4.69, 9.17) is 5.26 Å². The Hall–Kier alpha value is -0.880. The summed E-state index contributed by atoms with van der Waals surface area (Å²) in [5.74, 6) is 0.738. The van der Waals surface area contributed by atoms with Crippen LogP contribution in [0.5, 0.6) is 0 Å². The predicted octanol–water partition coefficient (Wildman–Crippen LogP) is 2.51. The second kappa shape index (κ2) is 6.16. The van der Waals surface area contributed by atoms with Crippen LogP contribution in [0.4, 0.5) is 0 Å². The molecule has 94 valence electrons. The molecule has 0 saturated heterocycles. The molecule has 2 aliphatic rings. The van der Waals surface area contributed by atoms with Crippen molar-refractivity contribution in [3.8, 4) is 6.07 Å². The SMILES string of the molecule is N#CCCN(CC(=O)C1CCCCC1)C1CC1. The minimum Gasteiger partial charge on any atom is -0.298 e. The Morgan fingerprint density at radius 2 is 1.88 bits per heavy atom. The number of hydrogen-bond acceptors (Lipinski definition) is 3. The first-order valence-electron chi connectivity index (χ1n) is 6.95. The number of nitrogens with zero attached hydrogens (tertiary/aromatic N) is 2. The molecule has 0 atom stereocenters. The molecule has 0 spiro atoms. The zero-order chi connectivity index (χ0) is 12.1. The smallest absolute Gasteiger partial charge is 0.149 e. The lowest BCUT2D eigenvalue weighted by molar-refractivity contribution is -0.125. The van der Waals surface area contributed by atoms with Crippen LogP contribution in [0.15, 0.2) is 0 Å². The van der Waals surface area contributed by atoms with Crippen molar-refractivity contribution in [3.05, 3.63) is 0 Å². The van der Waals surface area contributed by atoms with Gasteiger partial charge in [-0.3, -0.25) is 9.69 Å². The summed E-state index contributed by atoms with van der Waals surface area (Å²) in [4.78, 5) is 14.4. The van der Waals surface area contributed by atoms with Gasteiger partial charge < -0.3 is 0 Å². The fourth-order valence-corrected chi connectivity index (χ4v) is 2.78. The highest BCUT2D eigenvalue weighted by Gasteiger charge is 2.31. The third kappa shape index (κ3) is 3.81. The van der Waals surface area contributed by atoms with Gasteiger partial charge in [0, 0.05) is 24.9 Å². The Balaban J connectivity index is 1.79. The van der Waals surface area contributed by atoms with Gasteiger partial charge in [0.1, 0.15) is 5.78 Å². The third-order valence-corrected chi connectivity index (χ3v) is 3.99. The molecule has 0 N–H and O–H groups in total. The molecule has 0 aromatic heterocycles. The molecule has 0 amide bonds. The van der Waals surface area contributed by atoms with Crippen LogP contribution >= 0.6 is 0 Å². The highest BCUT2D eigenvalue weighted by Crippen LogP contribution is 2.29. The lowest BCUT2D eigenvalue weighted by atomic mass is 9.86. The minimum atomic E-state index is 0.312. The molecular formula is C14H22N2O. The average molecular weight is 234 g/mol. The van der Waals surface area contributed by atoms with Crippen molar-refractivity contribution < 1.29 is 4.79 Å². The van der Waals surface area contributed by atoms with E-state index in [0.29, 0.717) is 30.7 Å². The van der Waals surface area contributed by atoms with E-state index in [2.05, 4.69) is 11.0 Å². The summed E-state index contributed by atoms with van der Waals surface area (Å²) in [5.41, 5.74) is 0. The maximum atomic E-state index is 12.2. The van der Waals surface area contributed by atoms with Gasteiger partial charge in [-0.2, -0.15) is 5.26 Å². The summed E-state index contributed by atoms with van der Waals surface area (Å²) < 4.78 is 0. The van der Waals surface area contributed by atoms with Gasteiger partial charge >= 0.3 is 0 Å². The van der Waals surface area contributed by atoms with E-state index in [-0.39, 0.29) is 0 Å². The van der Waals surface area contributed by atoms with Crippen molar-refractivity contribution in [2.24, 2.45) is 5.92 Å². The van der Waals surface area contributed by atoms with E-state index in [1.807, 2.05) is 0 Å². The highest BCUT2D eigenvalue weighted by molar-refractivity contribution is 5.83. The molecule has 0 heterocycles. The van der Waals surface area contributed by atoms with E-state index >= 15 is 0 Å². The summed E-state index contributed by atoms with van der Waals surface area (Å²) in [6.45, 7) is 1.37. The molecular weight excluding hydrogens is 212 g/mol. The summed E-state index contributed by atoms with van der Waals surface area (Å²) in [6.07, 6.45) is 8.90. The molecule has 3 nitrogen and oxygen atoms in total. The largest absolute Gasteiger partial charge is 0.298 e. The van der Waals surface area contributed by atoms with Gasteiger partial charge in [0.2, 0.25) is 0 Å². The zero-order valence-electron chi connectivity index (χ0n) is 10.5. The quantitative estimate of drug-likeness (QED) is 0.709. The summed E-state index contributed by atoms with van der Waals surface area (Å²) in [7, 11) is 0. The van der Waals surface area contributed by atoms with Gasteiger partial charge in [0.25, 0.3) is 0 Å². The molecule has 3 heteroatoms. The molecule has 2 aliphatic carbocycles. The van der Waals surface area contributed by atoms with Crippen molar-refractivity contribution >= 4 is 5.78 Å². The van der Waals surface area contributed by atoms with Crippen LogP contribution in [0.25, 0.3) is 0 Å². The van der Waals surface area contributed by atoms with E-state index in [1.165, 1.54) is 32.1 Å². The number of carbonyl (C=O) groups excluding carboxylic acids is 1. The second-order valence-electron chi connectivity index (χ2n) is 5.41. The molecule has 2 fully saturated rings.